The molecule has 183 valence electrons. The van der Waals surface area contributed by atoms with E-state index in [4.69, 9.17) is 0 Å². The summed E-state index contributed by atoms with van der Waals surface area (Å²) in [5.41, 5.74) is 3.92. The third-order valence-electron chi connectivity index (χ3n) is 11.0. The monoisotopic (exact) mass is 455 g/mol. The quantitative estimate of drug-likeness (QED) is 0.363. The van der Waals surface area contributed by atoms with Crippen LogP contribution in [0.4, 0.5) is 0 Å². The fourth-order valence-corrected chi connectivity index (χ4v) is 9.06. The topological polar surface area (TPSA) is 0 Å². The molecule has 0 aromatic heterocycles. The van der Waals surface area contributed by atoms with Gasteiger partial charge in [-0.25, -0.2) is 0 Å². The van der Waals surface area contributed by atoms with E-state index in [-0.39, 0.29) is 0 Å². The smallest absolute Gasteiger partial charge is 0.0557 e. The van der Waals surface area contributed by atoms with Crippen molar-refractivity contribution < 1.29 is 0 Å². The molecule has 5 aliphatic rings. The summed E-state index contributed by atoms with van der Waals surface area (Å²) < 4.78 is 0. The van der Waals surface area contributed by atoms with Crippen LogP contribution in [0.5, 0.6) is 0 Å². The first kappa shape index (κ1) is 24.7. The Hall–Kier alpha value is -0.960. The molecule has 0 aromatic carbocycles. The molecule has 0 aromatic rings. The lowest BCUT2D eigenvalue weighted by Gasteiger charge is -2.57. The maximum absolute atomic E-state index is 3.50. The molecule has 5 rings (SSSR count). The Labute approximate surface area is 211 Å². The fourth-order valence-electron chi connectivity index (χ4n) is 9.06. The van der Waals surface area contributed by atoms with Crippen LogP contribution in [-0.4, -0.2) is 0 Å². The Balaban J connectivity index is 1.30. The summed E-state index contributed by atoms with van der Waals surface area (Å²) in [5.74, 6) is 13.5. The zero-order chi connectivity index (χ0) is 23.9. The minimum Gasteiger partial charge on any atom is -0.0892 e. The normalized spacial score (nSPS) is 40.5. The lowest BCUT2D eigenvalue weighted by molar-refractivity contribution is -0.0453. The van der Waals surface area contributed by atoms with Gasteiger partial charge in [-0.1, -0.05) is 71.8 Å². The van der Waals surface area contributed by atoms with Crippen LogP contribution in [0.1, 0.15) is 98.8 Å². The maximum atomic E-state index is 3.50. The highest BCUT2D eigenvalue weighted by atomic mass is 14.6. The van der Waals surface area contributed by atoms with E-state index in [0.29, 0.717) is 10.8 Å². The van der Waals surface area contributed by atoms with E-state index in [1.54, 1.807) is 5.57 Å². The van der Waals surface area contributed by atoms with Gasteiger partial charge < -0.3 is 0 Å². The van der Waals surface area contributed by atoms with Crippen molar-refractivity contribution in [2.75, 3.05) is 0 Å². The molecule has 3 saturated carbocycles. The Bertz CT molecular complexity index is 854. The van der Waals surface area contributed by atoms with Gasteiger partial charge in [0, 0.05) is 5.57 Å². The van der Waals surface area contributed by atoms with Crippen LogP contribution in [0.2, 0.25) is 0 Å². The third kappa shape index (κ3) is 4.48. The standard InChI is InChI=1S/C34H47/c1-24(2)9-8-10-25(3)30-17-18-31-29-16-15-28-23-27(14-13-26-11-6-7-12-26)19-21-33(28,4)32(29)20-22-34(30,31)5/h6-7,11-12,15,23-25,29-32H,8-10,16-22H2,1-5H3/t25-,29+,30-,31+,32+,33+,34-/m1/s1. The summed E-state index contributed by atoms with van der Waals surface area (Å²) in [7, 11) is 0. The second-order valence-corrected chi connectivity index (χ2v) is 13.3. The third-order valence-corrected chi connectivity index (χ3v) is 11.0. The van der Waals surface area contributed by atoms with E-state index in [0.717, 1.165) is 47.8 Å². The molecule has 0 amide bonds. The largest absolute Gasteiger partial charge is 0.0892 e. The summed E-state index contributed by atoms with van der Waals surface area (Å²) in [6, 6.07) is 0. The number of fused-ring (bicyclic) bond motifs is 5. The molecule has 0 spiro atoms. The van der Waals surface area contributed by atoms with Crippen molar-refractivity contribution in [1.82, 2.24) is 0 Å². The Morgan fingerprint density at radius 2 is 1.74 bits per heavy atom. The van der Waals surface area contributed by atoms with Crippen molar-refractivity contribution in [2.45, 2.75) is 98.8 Å². The van der Waals surface area contributed by atoms with E-state index < -0.39 is 0 Å². The van der Waals surface area contributed by atoms with E-state index in [9.17, 15) is 0 Å². The number of hydrogen-bond donors (Lipinski definition) is 0. The Kier molecular flexibility index (Phi) is 7.15. The van der Waals surface area contributed by atoms with Crippen molar-refractivity contribution in [3.63, 3.8) is 0 Å². The van der Waals surface area contributed by atoms with E-state index in [1.165, 1.54) is 63.4 Å². The van der Waals surface area contributed by atoms with Gasteiger partial charge in [0.1, 0.15) is 0 Å². The number of rotatable bonds is 5. The first-order valence-corrected chi connectivity index (χ1v) is 14.5. The minimum atomic E-state index is 0.372. The molecule has 0 aliphatic heterocycles. The first-order valence-electron chi connectivity index (χ1n) is 14.5. The van der Waals surface area contributed by atoms with Crippen molar-refractivity contribution in [3.8, 4) is 11.8 Å². The van der Waals surface area contributed by atoms with Gasteiger partial charge in [0.15, 0.2) is 0 Å². The summed E-state index contributed by atoms with van der Waals surface area (Å²) in [6.45, 7) is 12.7. The van der Waals surface area contributed by atoms with Gasteiger partial charge in [-0.05, 0) is 129 Å². The fraction of sp³-hybridized carbons (Fsp3) is 0.676. The van der Waals surface area contributed by atoms with E-state index in [2.05, 4.69) is 84.3 Å². The van der Waals surface area contributed by atoms with Crippen molar-refractivity contribution in [2.24, 2.45) is 46.3 Å². The van der Waals surface area contributed by atoms with Crippen LogP contribution in [-0.2, 0) is 0 Å². The van der Waals surface area contributed by atoms with Gasteiger partial charge in [0.05, 0.1) is 5.92 Å². The molecule has 7 atom stereocenters. The van der Waals surface area contributed by atoms with Gasteiger partial charge in [0.2, 0.25) is 0 Å². The average Bonchev–Trinajstić information content (AvgIpc) is 3.44. The SMILES string of the molecule is CC(C)CCC[C@@H](C)[C@H]1CC[C@H]2[C@@H]3CC=C4C=C(C#C[C]5[CH][CH][CH][CH]5)CC[C@]4(C)[C@H]3CC[C@]12C. The minimum absolute atomic E-state index is 0.372. The molecule has 0 nitrogen and oxygen atoms in total. The average molecular weight is 456 g/mol. The second kappa shape index (κ2) is 9.83. The molecule has 0 bridgehead atoms. The van der Waals surface area contributed by atoms with Gasteiger partial charge in [-0.2, -0.15) is 0 Å². The predicted molar refractivity (Wildman–Crippen MR) is 145 cm³/mol. The second-order valence-electron chi connectivity index (χ2n) is 13.3. The van der Waals surface area contributed by atoms with E-state index in [1.807, 2.05) is 0 Å². The predicted octanol–water partition coefficient (Wildman–Crippen LogP) is 8.97. The van der Waals surface area contributed by atoms with Crippen LogP contribution >= 0.6 is 0 Å². The maximum Gasteiger partial charge on any atom is 0.0557 e. The molecule has 3 fully saturated rings. The Morgan fingerprint density at radius 3 is 2.50 bits per heavy atom. The molecular formula is C34H47. The number of allylic oxidation sites excluding steroid dienone is 4. The summed E-state index contributed by atoms with van der Waals surface area (Å²) in [4.78, 5) is 0. The van der Waals surface area contributed by atoms with Crippen LogP contribution in [0.15, 0.2) is 23.3 Å². The zero-order valence-electron chi connectivity index (χ0n) is 22.5. The molecule has 5 radical (unpaired) electrons. The van der Waals surface area contributed by atoms with Gasteiger partial charge in [-0.3, -0.25) is 0 Å². The molecule has 0 heteroatoms. The highest BCUT2D eigenvalue weighted by molar-refractivity contribution is 5.51. The van der Waals surface area contributed by atoms with Gasteiger partial charge in [-0.15, -0.1) is 0 Å². The Morgan fingerprint density at radius 1 is 0.941 bits per heavy atom. The van der Waals surface area contributed by atoms with Crippen molar-refractivity contribution >= 4 is 0 Å². The van der Waals surface area contributed by atoms with Crippen LogP contribution < -0.4 is 0 Å². The van der Waals surface area contributed by atoms with Gasteiger partial charge in [0.25, 0.3) is 0 Å². The molecule has 0 unspecified atom stereocenters. The lowest BCUT2D eigenvalue weighted by Crippen LogP contribution is -2.49. The molecule has 34 heavy (non-hydrogen) atoms. The van der Waals surface area contributed by atoms with Crippen molar-refractivity contribution in [1.29, 1.82) is 0 Å². The summed E-state index contributed by atoms with van der Waals surface area (Å²) in [5, 5.41) is 0. The summed E-state index contributed by atoms with van der Waals surface area (Å²) >= 11 is 0. The zero-order valence-corrected chi connectivity index (χ0v) is 22.5. The van der Waals surface area contributed by atoms with E-state index >= 15 is 0 Å². The molecule has 5 aliphatic carbocycles. The summed E-state index contributed by atoms with van der Waals surface area (Å²) in [6.07, 6.45) is 27.4. The number of hydrogen-bond acceptors (Lipinski definition) is 0. The van der Waals surface area contributed by atoms with Crippen LogP contribution in [0.3, 0.4) is 0 Å². The first-order chi connectivity index (χ1) is 16.3. The van der Waals surface area contributed by atoms with Crippen molar-refractivity contribution in [3.05, 3.63) is 54.9 Å². The highest BCUT2D eigenvalue weighted by Crippen LogP contribution is 2.67. The molecule has 0 saturated heterocycles. The molecule has 0 N–H and O–H groups in total. The highest BCUT2D eigenvalue weighted by Gasteiger charge is 2.58. The van der Waals surface area contributed by atoms with Crippen LogP contribution in [0.25, 0.3) is 0 Å². The molecule has 0 heterocycles. The lowest BCUT2D eigenvalue weighted by atomic mass is 9.47. The van der Waals surface area contributed by atoms with Gasteiger partial charge >= 0.3 is 0 Å². The molecular weight excluding hydrogens is 408 g/mol. The van der Waals surface area contributed by atoms with Crippen LogP contribution in [0, 0.1) is 89.8 Å².